The zero-order chi connectivity index (χ0) is 20.1. The zero-order valence-corrected chi connectivity index (χ0v) is 16.1. The number of amides is 2. The van der Waals surface area contributed by atoms with Gasteiger partial charge in [-0.2, -0.15) is 0 Å². The summed E-state index contributed by atoms with van der Waals surface area (Å²) in [5.41, 5.74) is 2.31. The number of fused-ring (bicyclic) bond motifs is 2. The molecule has 2 aliphatic heterocycles. The van der Waals surface area contributed by atoms with Gasteiger partial charge in [0, 0.05) is 50.0 Å². The van der Waals surface area contributed by atoms with Gasteiger partial charge < -0.3 is 14.8 Å². The summed E-state index contributed by atoms with van der Waals surface area (Å²) in [6, 6.07) is 13.9. The van der Waals surface area contributed by atoms with Crippen LogP contribution < -0.4 is 0 Å². The van der Waals surface area contributed by atoms with Crippen LogP contribution in [0.4, 0.5) is 4.39 Å². The number of benzene rings is 2. The first-order valence-electron chi connectivity index (χ1n) is 9.91. The van der Waals surface area contributed by atoms with Crippen molar-refractivity contribution in [2.75, 3.05) is 19.6 Å². The molecule has 0 radical (unpaired) electrons. The van der Waals surface area contributed by atoms with E-state index in [1.54, 1.807) is 13.0 Å². The molecule has 3 atom stereocenters. The van der Waals surface area contributed by atoms with Crippen LogP contribution in [-0.4, -0.2) is 46.2 Å². The number of likely N-dealkylation sites (tertiary alicyclic amines) is 2. The highest BCUT2D eigenvalue weighted by Gasteiger charge is 2.49. The molecule has 148 valence electrons. The van der Waals surface area contributed by atoms with Gasteiger partial charge in [-0.05, 0) is 29.8 Å². The third-order valence-corrected chi connectivity index (χ3v) is 6.36. The summed E-state index contributed by atoms with van der Waals surface area (Å²) in [5.74, 6) is -0.0206. The van der Waals surface area contributed by atoms with E-state index in [9.17, 15) is 14.0 Å². The highest BCUT2D eigenvalue weighted by molar-refractivity contribution is 6.05. The second-order valence-electron chi connectivity index (χ2n) is 8.05. The smallest absolute Gasteiger partial charge is 0.256 e. The van der Waals surface area contributed by atoms with E-state index < -0.39 is 0 Å². The number of hydrogen-bond donors (Lipinski definition) is 1. The first-order valence-corrected chi connectivity index (χ1v) is 9.91. The maximum atomic E-state index is 13.9. The van der Waals surface area contributed by atoms with Crippen LogP contribution in [0.5, 0.6) is 0 Å². The van der Waals surface area contributed by atoms with E-state index in [4.69, 9.17) is 0 Å². The normalized spacial score (nSPS) is 23.6. The predicted octanol–water partition coefficient (Wildman–Crippen LogP) is 3.60. The summed E-state index contributed by atoms with van der Waals surface area (Å²) in [5, 5.41) is 1.01. The van der Waals surface area contributed by atoms with Crippen molar-refractivity contribution in [3.63, 3.8) is 0 Å². The van der Waals surface area contributed by atoms with Gasteiger partial charge in [0.15, 0.2) is 0 Å². The van der Waals surface area contributed by atoms with Crippen molar-refractivity contribution < 1.29 is 14.0 Å². The summed E-state index contributed by atoms with van der Waals surface area (Å²) < 4.78 is 13.9. The van der Waals surface area contributed by atoms with E-state index in [0.717, 1.165) is 16.5 Å². The van der Waals surface area contributed by atoms with Crippen LogP contribution >= 0.6 is 0 Å². The molecule has 3 aromatic rings. The summed E-state index contributed by atoms with van der Waals surface area (Å²) in [6.45, 7) is 3.32. The van der Waals surface area contributed by atoms with Crippen LogP contribution in [-0.2, 0) is 4.79 Å². The second kappa shape index (κ2) is 6.72. The molecule has 5 rings (SSSR count). The first-order chi connectivity index (χ1) is 14.0. The molecule has 0 unspecified atom stereocenters. The molecule has 1 N–H and O–H groups in total. The molecule has 5 nitrogen and oxygen atoms in total. The molecular weight excluding hydrogens is 369 g/mol. The van der Waals surface area contributed by atoms with E-state index in [2.05, 4.69) is 4.98 Å². The lowest BCUT2D eigenvalue weighted by Gasteiger charge is -2.29. The molecule has 2 aliphatic rings. The summed E-state index contributed by atoms with van der Waals surface area (Å²) >= 11 is 0. The Bertz CT molecular complexity index is 1110. The lowest BCUT2D eigenvalue weighted by atomic mass is 9.89. The van der Waals surface area contributed by atoms with Crippen LogP contribution in [0.3, 0.4) is 0 Å². The molecule has 2 aromatic carbocycles. The standard InChI is InChI=1S/C23H22FN3O2/c1-14(28)27-12-17-11-26(13-20(17)22(27)16-5-2-6-18(24)10-16)23(29)19-7-3-4-15-8-9-25-21(15)19/h2-10,17,20,22,25H,11-13H2,1H3/t17-,20-,22+/m1/s1. The molecule has 29 heavy (non-hydrogen) atoms. The number of carbonyl (C=O) groups is 2. The molecule has 0 bridgehead atoms. The lowest BCUT2D eigenvalue weighted by Crippen LogP contribution is -2.36. The number of nitrogens with zero attached hydrogens (tertiary/aromatic N) is 2. The molecule has 1 aromatic heterocycles. The molecule has 0 spiro atoms. The number of para-hydroxylation sites is 1. The summed E-state index contributed by atoms with van der Waals surface area (Å²) in [7, 11) is 0. The molecule has 2 amide bonds. The number of rotatable bonds is 2. The minimum absolute atomic E-state index is 0.000169. The quantitative estimate of drug-likeness (QED) is 0.726. The average Bonchev–Trinajstić information content (AvgIpc) is 3.40. The van der Waals surface area contributed by atoms with Gasteiger partial charge in [-0.15, -0.1) is 0 Å². The van der Waals surface area contributed by atoms with E-state index in [-0.39, 0.29) is 35.5 Å². The summed E-state index contributed by atoms with van der Waals surface area (Å²) in [6.07, 6.45) is 1.84. The van der Waals surface area contributed by atoms with Crippen LogP contribution in [0.25, 0.3) is 10.9 Å². The average molecular weight is 391 g/mol. The predicted molar refractivity (Wildman–Crippen MR) is 108 cm³/mol. The first kappa shape index (κ1) is 17.9. The van der Waals surface area contributed by atoms with Crippen molar-refractivity contribution in [3.05, 3.63) is 71.7 Å². The SMILES string of the molecule is CC(=O)N1C[C@H]2CN(C(=O)c3cccc4cc[nH]c34)C[C@H]2[C@@H]1c1cccc(F)c1. The lowest BCUT2D eigenvalue weighted by molar-refractivity contribution is -0.130. The van der Waals surface area contributed by atoms with Crippen molar-refractivity contribution in [2.24, 2.45) is 11.8 Å². The molecule has 3 heterocycles. The third-order valence-electron chi connectivity index (χ3n) is 6.36. The number of aromatic nitrogens is 1. The topological polar surface area (TPSA) is 56.4 Å². The monoisotopic (exact) mass is 391 g/mol. The van der Waals surface area contributed by atoms with Crippen molar-refractivity contribution in [3.8, 4) is 0 Å². The molecule has 0 saturated carbocycles. The van der Waals surface area contributed by atoms with Gasteiger partial charge in [0.1, 0.15) is 5.82 Å². The van der Waals surface area contributed by atoms with E-state index in [0.29, 0.717) is 25.2 Å². The van der Waals surface area contributed by atoms with Crippen LogP contribution in [0.15, 0.2) is 54.7 Å². The molecule has 2 saturated heterocycles. The van der Waals surface area contributed by atoms with Gasteiger partial charge in [-0.3, -0.25) is 9.59 Å². The maximum Gasteiger partial charge on any atom is 0.256 e. The number of nitrogens with one attached hydrogen (secondary N) is 1. The zero-order valence-electron chi connectivity index (χ0n) is 16.1. The fraction of sp³-hybridized carbons (Fsp3) is 0.304. The molecule has 2 fully saturated rings. The number of aromatic amines is 1. The van der Waals surface area contributed by atoms with Gasteiger partial charge in [-0.25, -0.2) is 4.39 Å². The van der Waals surface area contributed by atoms with Gasteiger partial charge >= 0.3 is 0 Å². The Morgan fingerprint density at radius 3 is 2.69 bits per heavy atom. The van der Waals surface area contributed by atoms with E-state index in [1.165, 1.54) is 12.1 Å². The van der Waals surface area contributed by atoms with Gasteiger partial charge in [0.25, 0.3) is 5.91 Å². The fourth-order valence-corrected chi connectivity index (χ4v) is 5.09. The van der Waals surface area contributed by atoms with E-state index >= 15 is 0 Å². The number of H-pyrrole nitrogens is 1. The van der Waals surface area contributed by atoms with Crippen molar-refractivity contribution in [1.82, 2.24) is 14.8 Å². The highest BCUT2D eigenvalue weighted by atomic mass is 19.1. The maximum absolute atomic E-state index is 13.9. The Kier molecular flexibility index (Phi) is 4.15. The third kappa shape index (κ3) is 2.90. The van der Waals surface area contributed by atoms with E-state index in [1.807, 2.05) is 46.3 Å². The Balaban J connectivity index is 1.45. The van der Waals surface area contributed by atoms with Crippen LogP contribution in [0.2, 0.25) is 0 Å². The van der Waals surface area contributed by atoms with Crippen LogP contribution in [0, 0.1) is 17.7 Å². The Morgan fingerprint density at radius 2 is 1.90 bits per heavy atom. The van der Waals surface area contributed by atoms with Crippen molar-refractivity contribution >= 4 is 22.7 Å². The van der Waals surface area contributed by atoms with Crippen LogP contribution in [0.1, 0.15) is 28.9 Å². The Labute approximate surface area is 168 Å². The Hall–Kier alpha value is -3.15. The fourth-order valence-electron chi connectivity index (χ4n) is 5.09. The highest BCUT2D eigenvalue weighted by Crippen LogP contribution is 2.45. The number of hydrogen-bond acceptors (Lipinski definition) is 2. The largest absolute Gasteiger partial charge is 0.361 e. The van der Waals surface area contributed by atoms with Crippen molar-refractivity contribution in [1.29, 1.82) is 0 Å². The molecule has 0 aliphatic carbocycles. The minimum atomic E-state index is -0.307. The second-order valence-corrected chi connectivity index (χ2v) is 8.05. The molecule has 6 heteroatoms. The van der Waals surface area contributed by atoms with Crippen molar-refractivity contribution in [2.45, 2.75) is 13.0 Å². The number of halogens is 1. The summed E-state index contributed by atoms with van der Waals surface area (Å²) in [4.78, 5) is 32.4. The van der Waals surface area contributed by atoms with Gasteiger partial charge in [0.05, 0.1) is 17.1 Å². The van der Waals surface area contributed by atoms with Gasteiger partial charge in [0.2, 0.25) is 5.91 Å². The van der Waals surface area contributed by atoms with Gasteiger partial charge in [-0.1, -0.05) is 24.3 Å². The number of carbonyl (C=O) groups excluding carboxylic acids is 2. The molecular formula is C23H22FN3O2. The Morgan fingerprint density at radius 1 is 1.07 bits per heavy atom. The minimum Gasteiger partial charge on any atom is -0.361 e.